The summed E-state index contributed by atoms with van der Waals surface area (Å²) in [6.07, 6.45) is 0.748. The topological polar surface area (TPSA) is 37.4 Å². The van der Waals surface area contributed by atoms with Gasteiger partial charge in [-0.25, -0.2) is 0 Å². The first-order valence-corrected chi connectivity index (χ1v) is 5.47. The molecule has 1 heterocycles. The maximum absolute atomic E-state index is 12.1. The molecule has 0 unspecified atom stereocenters. The van der Waals surface area contributed by atoms with E-state index in [1.165, 1.54) is 4.90 Å². The third-order valence-electron chi connectivity index (χ3n) is 3.26. The molecule has 1 aromatic rings. The third-order valence-corrected chi connectivity index (χ3v) is 3.26. The maximum atomic E-state index is 12.1. The number of carbonyl (C=O) groups is 2. The molecule has 0 atom stereocenters. The van der Waals surface area contributed by atoms with Gasteiger partial charge >= 0.3 is 0 Å². The molecule has 1 aliphatic heterocycles. The van der Waals surface area contributed by atoms with Crippen molar-refractivity contribution in [3.05, 3.63) is 35.4 Å². The molecule has 0 aromatic heterocycles. The second-order valence-electron chi connectivity index (χ2n) is 4.66. The highest BCUT2D eigenvalue weighted by atomic mass is 16.2. The Morgan fingerprint density at radius 3 is 1.88 bits per heavy atom. The molecule has 1 aliphatic rings. The van der Waals surface area contributed by atoms with E-state index in [2.05, 4.69) is 0 Å². The second-order valence-corrected chi connectivity index (χ2v) is 4.66. The molecule has 16 heavy (non-hydrogen) atoms. The van der Waals surface area contributed by atoms with Gasteiger partial charge < -0.3 is 0 Å². The lowest BCUT2D eigenvalue weighted by Crippen LogP contribution is -2.47. The van der Waals surface area contributed by atoms with Gasteiger partial charge in [0.05, 0.1) is 11.1 Å². The van der Waals surface area contributed by atoms with Gasteiger partial charge in [-0.2, -0.15) is 0 Å². The monoisotopic (exact) mass is 217 g/mol. The summed E-state index contributed by atoms with van der Waals surface area (Å²) in [6, 6.07) is 6.99. The van der Waals surface area contributed by atoms with E-state index in [-0.39, 0.29) is 11.8 Å². The molecule has 2 rings (SSSR count). The van der Waals surface area contributed by atoms with Gasteiger partial charge in [-0.05, 0) is 32.4 Å². The Hall–Kier alpha value is -1.64. The zero-order valence-corrected chi connectivity index (χ0v) is 9.78. The predicted octanol–water partition coefficient (Wildman–Crippen LogP) is 2.47. The molecule has 1 aromatic carbocycles. The first-order valence-electron chi connectivity index (χ1n) is 5.47. The molecule has 0 fully saturated rings. The molecule has 84 valence electrons. The van der Waals surface area contributed by atoms with Crippen LogP contribution >= 0.6 is 0 Å². The van der Waals surface area contributed by atoms with Crippen molar-refractivity contribution in [1.82, 2.24) is 4.90 Å². The molecule has 0 saturated heterocycles. The number of rotatable bonds is 2. The van der Waals surface area contributed by atoms with E-state index in [0.29, 0.717) is 11.1 Å². The van der Waals surface area contributed by atoms with Crippen molar-refractivity contribution >= 4 is 11.8 Å². The zero-order chi connectivity index (χ0) is 11.9. The molecule has 0 bridgehead atoms. The van der Waals surface area contributed by atoms with E-state index in [0.717, 1.165) is 6.42 Å². The van der Waals surface area contributed by atoms with E-state index < -0.39 is 5.54 Å². The van der Waals surface area contributed by atoms with E-state index in [9.17, 15) is 9.59 Å². The van der Waals surface area contributed by atoms with Crippen LogP contribution in [0.15, 0.2) is 24.3 Å². The highest BCUT2D eigenvalue weighted by Crippen LogP contribution is 2.30. The molecular formula is C13H15NO2. The minimum absolute atomic E-state index is 0.174. The van der Waals surface area contributed by atoms with E-state index in [1.807, 2.05) is 20.8 Å². The van der Waals surface area contributed by atoms with Crippen LogP contribution in [0.4, 0.5) is 0 Å². The van der Waals surface area contributed by atoms with Gasteiger partial charge in [-0.3, -0.25) is 14.5 Å². The average Bonchev–Trinajstić information content (AvgIpc) is 2.53. The standard InChI is InChI=1S/C13H15NO2/c1-4-13(2,3)14-11(15)9-7-5-6-8-10(9)12(14)16/h5-8H,4H2,1-3H3. The summed E-state index contributed by atoms with van der Waals surface area (Å²) in [5, 5.41) is 0. The van der Waals surface area contributed by atoms with Gasteiger partial charge in [-0.15, -0.1) is 0 Å². The minimum Gasteiger partial charge on any atom is -0.269 e. The highest BCUT2D eigenvalue weighted by molar-refractivity contribution is 6.21. The molecule has 3 nitrogen and oxygen atoms in total. The Labute approximate surface area is 95.1 Å². The number of hydrogen-bond donors (Lipinski definition) is 0. The fourth-order valence-electron chi connectivity index (χ4n) is 1.90. The summed E-state index contributed by atoms with van der Waals surface area (Å²) in [4.78, 5) is 25.6. The van der Waals surface area contributed by atoms with Crippen molar-refractivity contribution < 1.29 is 9.59 Å². The molecule has 0 spiro atoms. The lowest BCUT2D eigenvalue weighted by Gasteiger charge is -2.32. The van der Waals surface area contributed by atoms with Crippen LogP contribution in [-0.4, -0.2) is 22.3 Å². The Balaban J connectivity index is 2.51. The van der Waals surface area contributed by atoms with Crippen LogP contribution < -0.4 is 0 Å². The summed E-state index contributed by atoms with van der Waals surface area (Å²) in [7, 11) is 0. The number of fused-ring (bicyclic) bond motifs is 1. The molecule has 0 aliphatic carbocycles. The van der Waals surface area contributed by atoms with Crippen molar-refractivity contribution in [2.45, 2.75) is 32.7 Å². The van der Waals surface area contributed by atoms with Crippen molar-refractivity contribution in [3.8, 4) is 0 Å². The number of nitrogens with zero attached hydrogens (tertiary/aromatic N) is 1. The third kappa shape index (κ3) is 1.35. The van der Waals surface area contributed by atoms with Crippen molar-refractivity contribution in [1.29, 1.82) is 0 Å². The Morgan fingerprint density at radius 1 is 1.06 bits per heavy atom. The van der Waals surface area contributed by atoms with Crippen LogP contribution in [0.2, 0.25) is 0 Å². The summed E-state index contributed by atoms with van der Waals surface area (Å²) in [5.74, 6) is -0.347. The quantitative estimate of drug-likeness (QED) is 0.714. The summed E-state index contributed by atoms with van der Waals surface area (Å²) < 4.78 is 0. The zero-order valence-electron chi connectivity index (χ0n) is 9.78. The van der Waals surface area contributed by atoms with Crippen LogP contribution in [0.1, 0.15) is 47.9 Å². The van der Waals surface area contributed by atoms with E-state index in [1.54, 1.807) is 24.3 Å². The molecule has 0 radical (unpaired) electrons. The number of hydrogen-bond acceptors (Lipinski definition) is 2. The van der Waals surface area contributed by atoms with Crippen molar-refractivity contribution in [2.75, 3.05) is 0 Å². The Bertz CT molecular complexity index is 428. The molecule has 3 heteroatoms. The normalized spacial score (nSPS) is 15.6. The van der Waals surface area contributed by atoms with Crippen LogP contribution in [0.3, 0.4) is 0 Å². The first kappa shape index (κ1) is 10.9. The Morgan fingerprint density at radius 2 is 1.50 bits per heavy atom. The number of benzene rings is 1. The van der Waals surface area contributed by atoms with Crippen LogP contribution in [0.5, 0.6) is 0 Å². The van der Waals surface area contributed by atoms with Gasteiger partial charge in [0.2, 0.25) is 0 Å². The van der Waals surface area contributed by atoms with Crippen LogP contribution in [0, 0.1) is 0 Å². The lowest BCUT2D eigenvalue weighted by molar-refractivity contribution is 0.0474. The maximum Gasteiger partial charge on any atom is 0.262 e. The summed E-state index contributed by atoms with van der Waals surface area (Å²) in [5.41, 5.74) is 0.621. The number of imide groups is 1. The molecule has 0 N–H and O–H groups in total. The van der Waals surface area contributed by atoms with Crippen molar-refractivity contribution in [3.63, 3.8) is 0 Å². The second kappa shape index (κ2) is 3.44. The van der Waals surface area contributed by atoms with Crippen LogP contribution in [-0.2, 0) is 0 Å². The SMILES string of the molecule is CCC(C)(C)N1C(=O)c2ccccc2C1=O. The molecule has 0 saturated carbocycles. The summed E-state index contributed by atoms with van der Waals surface area (Å²) in [6.45, 7) is 5.80. The van der Waals surface area contributed by atoms with Crippen LogP contribution in [0.25, 0.3) is 0 Å². The van der Waals surface area contributed by atoms with Gasteiger partial charge in [0.15, 0.2) is 0 Å². The first-order chi connectivity index (χ1) is 7.49. The highest BCUT2D eigenvalue weighted by Gasteiger charge is 2.42. The summed E-state index contributed by atoms with van der Waals surface area (Å²) >= 11 is 0. The van der Waals surface area contributed by atoms with Gasteiger partial charge in [-0.1, -0.05) is 19.1 Å². The number of carbonyl (C=O) groups excluding carboxylic acids is 2. The average molecular weight is 217 g/mol. The van der Waals surface area contributed by atoms with Gasteiger partial charge in [0, 0.05) is 5.54 Å². The predicted molar refractivity (Wildman–Crippen MR) is 61.3 cm³/mol. The minimum atomic E-state index is -0.423. The van der Waals surface area contributed by atoms with Gasteiger partial charge in [0.25, 0.3) is 11.8 Å². The van der Waals surface area contributed by atoms with Gasteiger partial charge in [0.1, 0.15) is 0 Å². The lowest BCUT2D eigenvalue weighted by atomic mass is 9.99. The molecular weight excluding hydrogens is 202 g/mol. The smallest absolute Gasteiger partial charge is 0.262 e. The largest absolute Gasteiger partial charge is 0.269 e. The molecule has 2 amide bonds. The van der Waals surface area contributed by atoms with Crippen molar-refractivity contribution in [2.24, 2.45) is 0 Å². The van der Waals surface area contributed by atoms with E-state index in [4.69, 9.17) is 0 Å². The number of amides is 2. The fraction of sp³-hybridized carbons (Fsp3) is 0.385. The van der Waals surface area contributed by atoms with E-state index >= 15 is 0 Å². The fourth-order valence-corrected chi connectivity index (χ4v) is 1.90. The Kier molecular flexibility index (Phi) is 2.34.